The van der Waals surface area contributed by atoms with E-state index in [0.717, 1.165) is 11.3 Å². The molecule has 0 spiro atoms. The predicted octanol–water partition coefficient (Wildman–Crippen LogP) is 2.81. The van der Waals surface area contributed by atoms with Crippen molar-refractivity contribution in [2.45, 2.75) is 32.7 Å². The summed E-state index contributed by atoms with van der Waals surface area (Å²) in [6.07, 6.45) is 1.14. The Hall–Kier alpha value is -2.15. The molecule has 1 fully saturated rings. The monoisotopic (exact) mass is 383 g/mol. The van der Waals surface area contributed by atoms with Crippen molar-refractivity contribution in [3.05, 3.63) is 22.7 Å². The van der Waals surface area contributed by atoms with Gasteiger partial charge in [-0.3, -0.25) is 4.79 Å². The summed E-state index contributed by atoms with van der Waals surface area (Å²) in [6, 6.07) is 3.64. The minimum absolute atomic E-state index is 0.0591. The van der Waals surface area contributed by atoms with Crippen LogP contribution in [0, 0.1) is 6.92 Å². The molecule has 1 aliphatic heterocycles. The van der Waals surface area contributed by atoms with E-state index in [-0.39, 0.29) is 24.6 Å². The second kappa shape index (κ2) is 9.52. The van der Waals surface area contributed by atoms with Crippen molar-refractivity contribution in [3.63, 3.8) is 0 Å². The quantitative estimate of drug-likeness (QED) is 0.789. The summed E-state index contributed by atoms with van der Waals surface area (Å²) < 4.78 is 10.3. The zero-order chi connectivity index (χ0) is 19.1. The number of carbonyl (C=O) groups is 2. The Balaban J connectivity index is 1.80. The van der Waals surface area contributed by atoms with Crippen molar-refractivity contribution in [2.75, 3.05) is 38.7 Å². The highest BCUT2D eigenvalue weighted by molar-refractivity contribution is 6.31. The first-order chi connectivity index (χ1) is 12.4. The SMILES string of the molecule is CCOC(=O)N1CCC(NC(=O)CNc2cc(C)c(Cl)cc2OC)CC1. The number of likely N-dealkylation sites (tertiary alicyclic amines) is 1. The minimum atomic E-state index is -0.288. The van der Waals surface area contributed by atoms with E-state index in [9.17, 15) is 9.59 Å². The Labute approximate surface area is 159 Å². The van der Waals surface area contributed by atoms with E-state index in [4.69, 9.17) is 21.1 Å². The van der Waals surface area contributed by atoms with Crippen LogP contribution in [0.2, 0.25) is 5.02 Å². The number of rotatable bonds is 6. The lowest BCUT2D eigenvalue weighted by Gasteiger charge is -2.31. The molecule has 0 radical (unpaired) electrons. The molecule has 1 aromatic rings. The number of ether oxygens (including phenoxy) is 2. The number of hydrogen-bond acceptors (Lipinski definition) is 5. The molecule has 8 heteroatoms. The molecule has 1 aromatic carbocycles. The Morgan fingerprint density at radius 1 is 1.31 bits per heavy atom. The third-order valence-electron chi connectivity index (χ3n) is 4.31. The first-order valence-corrected chi connectivity index (χ1v) is 9.11. The molecule has 2 rings (SSSR count). The van der Waals surface area contributed by atoms with E-state index in [1.165, 1.54) is 0 Å². The van der Waals surface area contributed by atoms with Crippen LogP contribution >= 0.6 is 11.6 Å². The molecule has 0 atom stereocenters. The zero-order valence-corrected chi connectivity index (χ0v) is 16.2. The fourth-order valence-electron chi connectivity index (χ4n) is 2.85. The number of amides is 2. The number of aryl methyl sites for hydroxylation is 1. The topological polar surface area (TPSA) is 79.9 Å². The van der Waals surface area contributed by atoms with Crippen molar-refractivity contribution in [2.24, 2.45) is 0 Å². The first kappa shape index (κ1) is 20.2. The van der Waals surface area contributed by atoms with Gasteiger partial charge >= 0.3 is 6.09 Å². The fraction of sp³-hybridized carbons (Fsp3) is 0.556. The molecule has 2 N–H and O–H groups in total. The molecule has 1 heterocycles. The van der Waals surface area contributed by atoms with Crippen molar-refractivity contribution in [3.8, 4) is 5.75 Å². The van der Waals surface area contributed by atoms with Gasteiger partial charge in [-0.25, -0.2) is 4.79 Å². The average molecular weight is 384 g/mol. The van der Waals surface area contributed by atoms with Crippen molar-refractivity contribution in [1.82, 2.24) is 10.2 Å². The zero-order valence-electron chi connectivity index (χ0n) is 15.4. The smallest absolute Gasteiger partial charge is 0.409 e. The predicted molar refractivity (Wildman–Crippen MR) is 101 cm³/mol. The van der Waals surface area contributed by atoms with Gasteiger partial charge in [-0.15, -0.1) is 0 Å². The molecule has 26 heavy (non-hydrogen) atoms. The third kappa shape index (κ3) is 5.42. The minimum Gasteiger partial charge on any atom is -0.495 e. The Bertz CT molecular complexity index is 646. The van der Waals surface area contributed by atoms with Gasteiger partial charge in [-0.2, -0.15) is 0 Å². The van der Waals surface area contributed by atoms with Crippen LogP contribution in [0.1, 0.15) is 25.3 Å². The molecule has 144 valence electrons. The second-order valence-electron chi connectivity index (χ2n) is 6.18. The number of carbonyl (C=O) groups excluding carboxylic acids is 2. The highest BCUT2D eigenvalue weighted by Gasteiger charge is 2.24. The van der Waals surface area contributed by atoms with Crippen LogP contribution in [0.25, 0.3) is 0 Å². The summed E-state index contributed by atoms with van der Waals surface area (Å²) in [5.74, 6) is 0.491. The number of nitrogens with zero attached hydrogens (tertiary/aromatic N) is 1. The van der Waals surface area contributed by atoms with Crippen LogP contribution in [0.3, 0.4) is 0 Å². The lowest BCUT2D eigenvalue weighted by molar-refractivity contribution is -0.120. The molecule has 1 aliphatic rings. The maximum atomic E-state index is 12.2. The summed E-state index contributed by atoms with van der Waals surface area (Å²) in [4.78, 5) is 25.6. The Morgan fingerprint density at radius 3 is 2.62 bits per heavy atom. The summed E-state index contributed by atoms with van der Waals surface area (Å²) in [5.41, 5.74) is 1.63. The number of hydrogen-bond donors (Lipinski definition) is 2. The molecule has 0 aromatic heterocycles. The number of halogens is 1. The molecule has 2 amide bonds. The molecular weight excluding hydrogens is 358 g/mol. The molecule has 7 nitrogen and oxygen atoms in total. The lowest BCUT2D eigenvalue weighted by atomic mass is 10.1. The van der Waals surface area contributed by atoms with Crippen LogP contribution in [0.4, 0.5) is 10.5 Å². The van der Waals surface area contributed by atoms with Crippen molar-refractivity contribution in [1.29, 1.82) is 0 Å². The highest BCUT2D eigenvalue weighted by atomic mass is 35.5. The molecule has 0 aliphatic carbocycles. The fourth-order valence-corrected chi connectivity index (χ4v) is 3.00. The van der Waals surface area contributed by atoms with Crippen LogP contribution in [0.15, 0.2) is 12.1 Å². The number of piperidine rings is 1. The van der Waals surface area contributed by atoms with E-state index >= 15 is 0 Å². The van der Waals surface area contributed by atoms with Gasteiger partial charge in [0.05, 0.1) is 25.9 Å². The number of nitrogens with one attached hydrogen (secondary N) is 2. The summed E-state index contributed by atoms with van der Waals surface area (Å²) in [7, 11) is 1.56. The highest BCUT2D eigenvalue weighted by Crippen LogP contribution is 2.30. The normalized spacial score (nSPS) is 14.7. The lowest BCUT2D eigenvalue weighted by Crippen LogP contribution is -2.47. The van der Waals surface area contributed by atoms with Crippen molar-refractivity contribution >= 4 is 29.3 Å². The van der Waals surface area contributed by atoms with Crippen LogP contribution in [-0.4, -0.2) is 56.3 Å². The summed E-state index contributed by atoms with van der Waals surface area (Å²) >= 11 is 6.09. The Kier molecular flexibility index (Phi) is 7.38. The number of anilines is 1. The molecule has 0 unspecified atom stereocenters. The maximum absolute atomic E-state index is 12.2. The van der Waals surface area contributed by atoms with Gasteiger partial charge < -0.3 is 25.0 Å². The number of methoxy groups -OCH3 is 1. The third-order valence-corrected chi connectivity index (χ3v) is 4.71. The summed E-state index contributed by atoms with van der Waals surface area (Å²) in [6.45, 7) is 5.35. The van der Waals surface area contributed by atoms with E-state index in [0.29, 0.717) is 43.3 Å². The van der Waals surface area contributed by atoms with Crippen LogP contribution in [0.5, 0.6) is 5.75 Å². The van der Waals surface area contributed by atoms with Gasteiger partial charge in [0.15, 0.2) is 0 Å². The number of benzene rings is 1. The average Bonchev–Trinajstić information content (AvgIpc) is 2.63. The van der Waals surface area contributed by atoms with Crippen molar-refractivity contribution < 1.29 is 19.1 Å². The van der Waals surface area contributed by atoms with Gasteiger partial charge in [0, 0.05) is 30.2 Å². The van der Waals surface area contributed by atoms with E-state index in [1.807, 2.05) is 13.0 Å². The van der Waals surface area contributed by atoms with E-state index in [2.05, 4.69) is 10.6 Å². The van der Waals surface area contributed by atoms with Gasteiger partial charge in [0.1, 0.15) is 5.75 Å². The standard InChI is InChI=1S/C18H26ClN3O4/c1-4-26-18(24)22-7-5-13(6-8-22)21-17(23)11-20-15-9-12(2)14(19)10-16(15)25-3/h9-10,13,20H,4-8,11H2,1-3H3,(H,21,23). The molecule has 1 saturated heterocycles. The Morgan fingerprint density at radius 2 is 2.00 bits per heavy atom. The van der Waals surface area contributed by atoms with Crippen LogP contribution < -0.4 is 15.4 Å². The van der Waals surface area contributed by atoms with Gasteiger partial charge in [-0.1, -0.05) is 11.6 Å². The second-order valence-corrected chi connectivity index (χ2v) is 6.59. The molecular formula is C18H26ClN3O4. The molecule has 0 saturated carbocycles. The molecule has 0 bridgehead atoms. The largest absolute Gasteiger partial charge is 0.495 e. The van der Waals surface area contributed by atoms with E-state index < -0.39 is 0 Å². The van der Waals surface area contributed by atoms with Gasteiger partial charge in [0.2, 0.25) is 5.91 Å². The maximum Gasteiger partial charge on any atom is 0.409 e. The van der Waals surface area contributed by atoms with Crippen LogP contribution in [-0.2, 0) is 9.53 Å². The summed E-state index contributed by atoms with van der Waals surface area (Å²) in [5, 5.41) is 6.70. The first-order valence-electron chi connectivity index (χ1n) is 8.73. The van der Waals surface area contributed by atoms with Gasteiger partial charge in [-0.05, 0) is 38.3 Å². The van der Waals surface area contributed by atoms with E-state index in [1.54, 1.807) is 25.0 Å². The van der Waals surface area contributed by atoms with Gasteiger partial charge in [0.25, 0.3) is 0 Å².